The molecule has 2 aromatic heterocycles. The van der Waals surface area contributed by atoms with Crippen molar-refractivity contribution in [1.82, 2.24) is 24.4 Å². The van der Waals surface area contributed by atoms with E-state index in [9.17, 15) is 0 Å². The van der Waals surface area contributed by atoms with Crippen molar-refractivity contribution in [2.24, 2.45) is 0 Å². The van der Waals surface area contributed by atoms with Gasteiger partial charge in [-0.2, -0.15) is 0 Å². The monoisotopic (exact) mass is 563 g/mol. The second-order valence-electron chi connectivity index (χ2n) is 11.5. The lowest BCUT2D eigenvalue weighted by Gasteiger charge is -2.34. The molecule has 39 heavy (non-hydrogen) atoms. The Bertz CT molecular complexity index is 1430. The van der Waals surface area contributed by atoms with Crippen LogP contribution in [0.15, 0.2) is 48.7 Å². The first-order valence-corrected chi connectivity index (χ1v) is 17.6. The van der Waals surface area contributed by atoms with E-state index in [0.29, 0.717) is 23.4 Å². The summed E-state index contributed by atoms with van der Waals surface area (Å²) in [5.74, 6) is 1.42. The van der Waals surface area contributed by atoms with Crippen LogP contribution >= 0.6 is 11.6 Å². The Morgan fingerprint density at radius 2 is 1.74 bits per heavy atom. The highest BCUT2D eigenvalue weighted by Gasteiger charge is 2.16. The summed E-state index contributed by atoms with van der Waals surface area (Å²) in [7, 11) is 1.05. The Hall–Kier alpha value is -2.98. The number of hydrogen-bond donors (Lipinski definition) is 1. The van der Waals surface area contributed by atoms with E-state index in [1.807, 2.05) is 19.1 Å². The van der Waals surface area contributed by atoms with E-state index in [2.05, 4.69) is 81.7 Å². The van der Waals surface area contributed by atoms with Gasteiger partial charge >= 0.3 is 0 Å². The molecule has 3 heterocycles. The van der Waals surface area contributed by atoms with Crippen LogP contribution in [0.25, 0.3) is 22.3 Å². The normalized spacial score (nSPS) is 14.8. The van der Waals surface area contributed by atoms with Crippen LogP contribution in [0.3, 0.4) is 0 Å². The molecule has 1 N–H and O–H groups in total. The minimum atomic E-state index is -1.12. The predicted octanol–water partition coefficient (Wildman–Crippen LogP) is 6.26. The number of anilines is 3. The molecule has 0 amide bonds. The van der Waals surface area contributed by atoms with Crippen molar-refractivity contribution in [1.29, 1.82) is 0 Å². The van der Waals surface area contributed by atoms with E-state index in [0.717, 1.165) is 66.9 Å². The Morgan fingerprint density at radius 1 is 1.00 bits per heavy atom. The Kier molecular flexibility index (Phi) is 8.23. The van der Waals surface area contributed by atoms with E-state index in [-0.39, 0.29) is 0 Å². The van der Waals surface area contributed by atoms with E-state index >= 15 is 0 Å². The number of ether oxygens (including phenoxy) is 1. The minimum absolute atomic E-state index is 0.496. The first kappa shape index (κ1) is 27.6. The number of nitrogens with one attached hydrogen (secondary N) is 1. The fourth-order valence-electron chi connectivity index (χ4n) is 4.67. The number of likely N-dealkylation sites (N-methyl/N-ethyl adjacent to an activating group) is 1. The second-order valence-corrected chi connectivity index (χ2v) is 17.5. The van der Waals surface area contributed by atoms with Gasteiger partial charge in [0.1, 0.15) is 12.6 Å². The van der Waals surface area contributed by atoms with Crippen LogP contribution in [-0.4, -0.2) is 72.3 Å². The Balaban J connectivity index is 1.30. The zero-order chi connectivity index (χ0) is 27.6. The summed E-state index contributed by atoms with van der Waals surface area (Å²) in [5, 5.41) is 3.82. The molecule has 1 fully saturated rings. The van der Waals surface area contributed by atoms with Crippen LogP contribution in [-0.2, 0) is 11.5 Å². The Morgan fingerprint density at radius 3 is 2.46 bits per heavy atom. The van der Waals surface area contributed by atoms with E-state index in [1.165, 1.54) is 5.69 Å². The number of aromatic nitrogens is 4. The molecule has 4 aromatic rings. The average Bonchev–Trinajstić information content (AvgIpc) is 3.22. The summed E-state index contributed by atoms with van der Waals surface area (Å²) in [6.07, 6.45) is 1.64. The van der Waals surface area contributed by atoms with Gasteiger partial charge in [0.2, 0.25) is 5.95 Å². The third-order valence-electron chi connectivity index (χ3n) is 7.17. The predicted molar refractivity (Wildman–Crippen MR) is 164 cm³/mol. The lowest BCUT2D eigenvalue weighted by Crippen LogP contribution is -2.44. The molecule has 1 saturated heterocycles. The maximum atomic E-state index is 6.56. The Labute approximate surface area is 237 Å². The van der Waals surface area contributed by atoms with Crippen LogP contribution in [0.2, 0.25) is 30.7 Å². The summed E-state index contributed by atoms with van der Waals surface area (Å²) in [4.78, 5) is 18.7. The number of benzene rings is 2. The quantitative estimate of drug-likeness (QED) is 0.190. The molecule has 10 heteroatoms. The van der Waals surface area contributed by atoms with Crippen LogP contribution < -0.4 is 10.2 Å². The maximum absolute atomic E-state index is 6.56. The standard InChI is InChI=1S/C29H38ClN7OSi/c1-21-32-26-18-22(6-11-27(26)37(21)20-38-16-17-39(3,4)5)28-25(30)19-31-29(34-28)33-23-7-9-24(10-8-23)36-14-12-35(2)13-15-36/h6-11,18-19H,12-17,20H2,1-5H3,(H,31,33,34). The molecule has 0 unspecified atom stereocenters. The van der Waals surface area contributed by atoms with Crippen molar-refractivity contribution in [2.45, 2.75) is 39.3 Å². The van der Waals surface area contributed by atoms with Crippen molar-refractivity contribution >= 4 is 48.0 Å². The molecule has 206 valence electrons. The van der Waals surface area contributed by atoms with E-state index in [1.54, 1.807) is 6.20 Å². The fourth-order valence-corrected chi connectivity index (χ4v) is 5.63. The largest absolute Gasteiger partial charge is 0.369 e. The number of nitrogens with zero attached hydrogens (tertiary/aromatic N) is 6. The smallest absolute Gasteiger partial charge is 0.227 e. The number of aryl methyl sites for hydroxylation is 1. The van der Waals surface area contributed by atoms with Gasteiger partial charge in [0.05, 0.1) is 27.9 Å². The lowest BCUT2D eigenvalue weighted by atomic mass is 10.1. The molecule has 0 spiro atoms. The lowest BCUT2D eigenvalue weighted by molar-refractivity contribution is 0.0885. The number of fused-ring (bicyclic) bond motifs is 1. The third-order valence-corrected chi connectivity index (χ3v) is 9.15. The highest BCUT2D eigenvalue weighted by Crippen LogP contribution is 2.30. The van der Waals surface area contributed by atoms with Crippen molar-refractivity contribution in [3.05, 3.63) is 59.5 Å². The molecule has 0 aliphatic carbocycles. The van der Waals surface area contributed by atoms with Gasteiger partial charge in [-0.05, 0) is 56.4 Å². The average molecular weight is 564 g/mol. The zero-order valence-electron chi connectivity index (χ0n) is 23.5. The highest BCUT2D eigenvalue weighted by atomic mass is 35.5. The van der Waals surface area contributed by atoms with Crippen molar-refractivity contribution < 1.29 is 4.74 Å². The number of rotatable bonds is 9. The zero-order valence-corrected chi connectivity index (χ0v) is 25.3. The van der Waals surface area contributed by atoms with Gasteiger partial charge < -0.3 is 24.4 Å². The summed E-state index contributed by atoms with van der Waals surface area (Å²) in [6, 6.07) is 15.7. The maximum Gasteiger partial charge on any atom is 0.227 e. The van der Waals surface area contributed by atoms with Crippen LogP contribution in [0.5, 0.6) is 0 Å². The number of imidazole rings is 1. The molecule has 0 saturated carbocycles. The van der Waals surface area contributed by atoms with Gasteiger partial charge in [0.25, 0.3) is 0 Å². The van der Waals surface area contributed by atoms with Gasteiger partial charge in [-0.15, -0.1) is 0 Å². The molecule has 1 aliphatic rings. The van der Waals surface area contributed by atoms with Crippen LogP contribution in [0.4, 0.5) is 17.3 Å². The van der Waals surface area contributed by atoms with Crippen molar-refractivity contribution in [2.75, 3.05) is 50.1 Å². The number of hydrogen-bond acceptors (Lipinski definition) is 7. The van der Waals surface area contributed by atoms with Crippen molar-refractivity contribution in [3.8, 4) is 11.3 Å². The number of halogens is 1. The van der Waals surface area contributed by atoms with Crippen LogP contribution in [0.1, 0.15) is 5.82 Å². The van der Waals surface area contributed by atoms with Gasteiger partial charge in [0, 0.05) is 57.8 Å². The van der Waals surface area contributed by atoms with E-state index in [4.69, 9.17) is 26.3 Å². The number of piperazine rings is 1. The summed E-state index contributed by atoms with van der Waals surface area (Å²) < 4.78 is 8.11. The summed E-state index contributed by atoms with van der Waals surface area (Å²) in [6.45, 7) is 14.6. The van der Waals surface area contributed by atoms with Gasteiger partial charge in [-0.1, -0.05) is 37.3 Å². The molecule has 0 atom stereocenters. The molecular weight excluding hydrogens is 526 g/mol. The minimum Gasteiger partial charge on any atom is -0.369 e. The molecule has 1 aliphatic heterocycles. The topological polar surface area (TPSA) is 71.3 Å². The molecule has 8 nitrogen and oxygen atoms in total. The first-order chi connectivity index (χ1) is 18.7. The van der Waals surface area contributed by atoms with Gasteiger partial charge in [-0.25, -0.2) is 15.0 Å². The first-order valence-electron chi connectivity index (χ1n) is 13.5. The molecular formula is C29H38ClN7OSi. The molecule has 0 bridgehead atoms. The molecule has 5 rings (SSSR count). The van der Waals surface area contributed by atoms with Gasteiger partial charge in [-0.3, -0.25) is 0 Å². The molecule has 0 radical (unpaired) electrons. The SMILES string of the molecule is Cc1nc2cc(-c3nc(Nc4ccc(N5CCN(C)CC5)cc4)ncc3Cl)ccc2n1COCC[Si](C)(C)C. The van der Waals surface area contributed by atoms with E-state index < -0.39 is 8.07 Å². The van der Waals surface area contributed by atoms with Gasteiger partial charge in [0.15, 0.2) is 0 Å². The molecule has 2 aromatic carbocycles. The fraction of sp³-hybridized carbons (Fsp3) is 0.414. The second kappa shape index (κ2) is 11.6. The van der Waals surface area contributed by atoms with Crippen LogP contribution in [0, 0.1) is 6.92 Å². The van der Waals surface area contributed by atoms with Crippen molar-refractivity contribution in [3.63, 3.8) is 0 Å². The highest BCUT2D eigenvalue weighted by molar-refractivity contribution is 6.76. The summed E-state index contributed by atoms with van der Waals surface area (Å²) in [5.41, 5.74) is 5.66. The summed E-state index contributed by atoms with van der Waals surface area (Å²) >= 11 is 6.56. The third kappa shape index (κ3) is 6.78.